The van der Waals surface area contributed by atoms with E-state index in [0.717, 1.165) is 30.0 Å². The summed E-state index contributed by atoms with van der Waals surface area (Å²) >= 11 is 6.03. The number of allylic oxidation sites excluding steroid dienone is 1. The highest BCUT2D eigenvalue weighted by atomic mass is 35.5. The maximum absolute atomic E-state index is 12.7. The Morgan fingerprint density at radius 3 is 2.52 bits per heavy atom. The lowest BCUT2D eigenvalue weighted by Crippen LogP contribution is -2.29. The van der Waals surface area contributed by atoms with Crippen LogP contribution in [0.2, 0.25) is 5.02 Å². The molecule has 1 aliphatic rings. The van der Waals surface area contributed by atoms with Gasteiger partial charge in [-0.1, -0.05) is 29.8 Å². The van der Waals surface area contributed by atoms with Crippen LogP contribution in [0.5, 0.6) is 11.5 Å². The monoisotopic (exact) mass is 461 g/mol. The summed E-state index contributed by atoms with van der Waals surface area (Å²) in [6.07, 6.45) is 7.20. The molecule has 1 saturated heterocycles. The van der Waals surface area contributed by atoms with Crippen molar-refractivity contribution >= 4 is 29.1 Å². The number of ketones is 1. The van der Waals surface area contributed by atoms with Gasteiger partial charge in [0, 0.05) is 34.9 Å². The third-order valence-corrected chi connectivity index (χ3v) is 6.03. The molecule has 1 heterocycles. The van der Waals surface area contributed by atoms with E-state index in [1.807, 2.05) is 60.7 Å². The fourth-order valence-corrected chi connectivity index (χ4v) is 4.17. The van der Waals surface area contributed by atoms with E-state index in [2.05, 4.69) is 4.90 Å². The molecular formula is C28H28ClNO3. The lowest BCUT2D eigenvalue weighted by Gasteiger charge is -2.28. The number of ether oxygens (including phenoxy) is 2. The van der Waals surface area contributed by atoms with Crippen molar-refractivity contribution in [2.75, 3.05) is 25.1 Å². The second-order valence-corrected chi connectivity index (χ2v) is 8.55. The molecular weight excluding hydrogens is 434 g/mol. The van der Waals surface area contributed by atoms with Gasteiger partial charge in [-0.15, -0.1) is 0 Å². The molecule has 0 bridgehead atoms. The normalized spacial score (nSPS) is 13.8. The summed E-state index contributed by atoms with van der Waals surface area (Å²) in [6, 6.07) is 21.0. The second-order valence-electron chi connectivity index (χ2n) is 8.11. The first-order valence-corrected chi connectivity index (χ1v) is 11.6. The SMILES string of the molecule is COc1ccc(/C=C/C(=O)c2ccc(N3CCCCC3)cc2)cc1COc1cccc(Cl)c1. The van der Waals surface area contributed by atoms with Crippen LogP contribution in [-0.4, -0.2) is 26.0 Å². The molecule has 0 saturated carbocycles. The zero-order valence-corrected chi connectivity index (χ0v) is 19.6. The van der Waals surface area contributed by atoms with Crippen molar-refractivity contribution in [1.29, 1.82) is 0 Å². The first kappa shape index (κ1) is 22.9. The van der Waals surface area contributed by atoms with Crippen LogP contribution in [0.3, 0.4) is 0 Å². The predicted octanol–water partition coefficient (Wildman–Crippen LogP) is 6.81. The number of halogens is 1. The van der Waals surface area contributed by atoms with Gasteiger partial charge in [0.25, 0.3) is 0 Å². The Hall–Kier alpha value is -3.24. The van der Waals surface area contributed by atoms with Crippen LogP contribution in [0.1, 0.15) is 40.7 Å². The molecule has 0 aliphatic carbocycles. The second kappa shape index (κ2) is 11.1. The molecule has 4 nitrogen and oxygen atoms in total. The third-order valence-electron chi connectivity index (χ3n) is 5.80. The van der Waals surface area contributed by atoms with Crippen LogP contribution >= 0.6 is 11.6 Å². The van der Waals surface area contributed by atoms with Gasteiger partial charge in [0.1, 0.15) is 18.1 Å². The summed E-state index contributed by atoms with van der Waals surface area (Å²) in [5.74, 6) is 1.40. The number of carbonyl (C=O) groups excluding carboxylic acids is 1. The van der Waals surface area contributed by atoms with Gasteiger partial charge in [0.2, 0.25) is 0 Å². The average Bonchev–Trinajstić information content (AvgIpc) is 2.86. The summed E-state index contributed by atoms with van der Waals surface area (Å²) in [5.41, 5.74) is 3.66. The zero-order valence-electron chi connectivity index (χ0n) is 18.8. The van der Waals surface area contributed by atoms with Crippen LogP contribution < -0.4 is 14.4 Å². The molecule has 0 amide bonds. The topological polar surface area (TPSA) is 38.8 Å². The summed E-state index contributed by atoms with van der Waals surface area (Å²) in [4.78, 5) is 15.1. The van der Waals surface area contributed by atoms with Crippen LogP contribution in [0, 0.1) is 0 Å². The van der Waals surface area contributed by atoms with Gasteiger partial charge in [-0.25, -0.2) is 0 Å². The van der Waals surface area contributed by atoms with E-state index in [9.17, 15) is 4.79 Å². The molecule has 0 N–H and O–H groups in total. The molecule has 4 rings (SSSR count). The van der Waals surface area contributed by atoms with E-state index in [1.54, 1.807) is 25.3 Å². The minimum absolute atomic E-state index is 0.0206. The highest BCUT2D eigenvalue weighted by molar-refractivity contribution is 6.30. The Kier molecular flexibility index (Phi) is 7.69. The van der Waals surface area contributed by atoms with Crippen LogP contribution in [0.25, 0.3) is 6.08 Å². The fraction of sp³-hybridized carbons (Fsp3) is 0.250. The summed E-state index contributed by atoms with van der Waals surface area (Å²) in [7, 11) is 1.63. The van der Waals surface area contributed by atoms with Gasteiger partial charge >= 0.3 is 0 Å². The molecule has 170 valence electrons. The van der Waals surface area contributed by atoms with Crippen molar-refractivity contribution in [3.63, 3.8) is 0 Å². The van der Waals surface area contributed by atoms with Crippen LogP contribution in [0.4, 0.5) is 5.69 Å². The van der Waals surface area contributed by atoms with E-state index in [1.165, 1.54) is 24.9 Å². The van der Waals surface area contributed by atoms with E-state index in [-0.39, 0.29) is 5.78 Å². The highest BCUT2D eigenvalue weighted by Crippen LogP contribution is 2.25. The number of benzene rings is 3. The smallest absolute Gasteiger partial charge is 0.185 e. The van der Waals surface area contributed by atoms with Gasteiger partial charge in [0.05, 0.1) is 7.11 Å². The van der Waals surface area contributed by atoms with Crippen molar-refractivity contribution in [3.05, 3.63) is 94.5 Å². The fourth-order valence-electron chi connectivity index (χ4n) is 3.99. The van der Waals surface area contributed by atoms with Crippen molar-refractivity contribution in [2.24, 2.45) is 0 Å². The highest BCUT2D eigenvalue weighted by Gasteiger charge is 2.11. The number of piperidine rings is 1. The summed E-state index contributed by atoms with van der Waals surface area (Å²) < 4.78 is 11.3. The van der Waals surface area contributed by atoms with E-state index < -0.39 is 0 Å². The minimum Gasteiger partial charge on any atom is -0.496 e. The molecule has 0 spiro atoms. The van der Waals surface area contributed by atoms with Crippen molar-refractivity contribution in [1.82, 2.24) is 0 Å². The Morgan fingerprint density at radius 2 is 1.79 bits per heavy atom. The summed E-state index contributed by atoms with van der Waals surface area (Å²) in [6.45, 7) is 2.51. The molecule has 0 radical (unpaired) electrons. The molecule has 0 atom stereocenters. The molecule has 3 aromatic rings. The Morgan fingerprint density at radius 1 is 1.00 bits per heavy atom. The maximum atomic E-state index is 12.7. The number of methoxy groups -OCH3 is 1. The maximum Gasteiger partial charge on any atom is 0.185 e. The minimum atomic E-state index is -0.0206. The van der Waals surface area contributed by atoms with Gasteiger partial charge in [-0.05, 0) is 85.5 Å². The van der Waals surface area contributed by atoms with Gasteiger partial charge < -0.3 is 14.4 Å². The molecule has 0 unspecified atom stereocenters. The number of hydrogen-bond acceptors (Lipinski definition) is 4. The van der Waals surface area contributed by atoms with Crippen molar-refractivity contribution in [3.8, 4) is 11.5 Å². The number of carbonyl (C=O) groups is 1. The van der Waals surface area contributed by atoms with Gasteiger partial charge in [-0.2, -0.15) is 0 Å². The van der Waals surface area contributed by atoms with E-state index >= 15 is 0 Å². The van der Waals surface area contributed by atoms with Gasteiger partial charge in [-0.3, -0.25) is 4.79 Å². The quantitative estimate of drug-likeness (QED) is 0.272. The molecule has 3 aromatic carbocycles. The lowest BCUT2D eigenvalue weighted by atomic mass is 10.1. The molecule has 5 heteroatoms. The lowest BCUT2D eigenvalue weighted by molar-refractivity contribution is 0.104. The molecule has 1 fully saturated rings. The first-order chi connectivity index (χ1) is 16.1. The Bertz CT molecular complexity index is 1120. The number of nitrogens with zero attached hydrogens (tertiary/aromatic N) is 1. The number of hydrogen-bond donors (Lipinski definition) is 0. The number of rotatable bonds is 8. The van der Waals surface area contributed by atoms with Crippen molar-refractivity contribution in [2.45, 2.75) is 25.9 Å². The van der Waals surface area contributed by atoms with Gasteiger partial charge in [0.15, 0.2) is 5.78 Å². The summed E-state index contributed by atoms with van der Waals surface area (Å²) in [5, 5.41) is 0.624. The first-order valence-electron chi connectivity index (χ1n) is 11.2. The zero-order chi connectivity index (χ0) is 23.0. The van der Waals surface area contributed by atoms with Crippen molar-refractivity contribution < 1.29 is 14.3 Å². The Labute approximate surface area is 200 Å². The van der Waals surface area contributed by atoms with E-state index in [4.69, 9.17) is 21.1 Å². The van der Waals surface area contributed by atoms with Crippen LogP contribution in [0.15, 0.2) is 72.8 Å². The largest absolute Gasteiger partial charge is 0.496 e. The predicted molar refractivity (Wildman–Crippen MR) is 135 cm³/mol. The van der Waals surface area contributed by atoms with Crippen LogP contribution in [-0.2, 0) is 6.61 Å². The molecule has 1 aliphatic heterocycles. The number of anilines is 1. The Balaban J connectivity index is 1.42. The standard InChI is InChI=1S/C28H28ClNO3/c1-32-28-15-9-21(18-23(28)20-33-26-7-5-6-24(29)19-26)8-14-27(31)22-10-12-25(13-11-22)30-16-3-2-4-17-30/h5-15,18-19H,2-4,16-17,20H2,1H3/b14-8+. The van der Waals surface area contributed by atoms with E-state index in [0.29, 0.717) is 22.9 Å². The molecule has 0 aromatic heterocycles. The third kappa shape index (κ3) is 6.17. The average molecular weight is 462 g/mol. The molecule has 33 heavy (non-hydrogen) atoms.